The number of aromatic nitrogens is 1. The van der Waals surface area contributed by atoms with E-state index in [9.17, 15) is 0 Å². The molecule has 3 rings (SSSR count). The van der Waals surface area contributed by atoms with Crippen molar-refractivity contribution in [2.45, 2.75) is 6.54 Å². The first-order chi connectivity index (χ1) is 11.6. The summed E-state index contributed by atoms with van der Waals surface area (Å²) in [5.74, 6) is 1.01. The Morgan fingerprint density at radius 3 is 2.38 bits per heavy atom. The van der Waals surface area contributed by atoms with E-state index >= 15 is 0 Å². The Morgan fingerprint density at radius 1 is 0.875 bits per heavy atom. The molecule has 3 aromatic rings. The smallest absolute Gasteiger partial charge is 0.129 e. The third kappa shape index (κ3) is 4.25. The second-order valence-electron chi connectivity index (χ2n) is 6.21. The average Bonchev–Trinajstić information content (AvgIpc) is 2.59. The van der Waals surface area contributed by atoms with Crippen LogP contribution in [0, 0.1) is 0 Å². The van der Waals surface area contributed by atoms with E-state index in [4.69, 9.17) is 16.6 Å². The fourth-order valence-corrected chi connectivity index (χ4v) is 2.76. The summed E-state index contributed by atoms with van der Waals surface area (Å²) in [4.78, 5) is 9.35. The Kier molecular flexibility index (Phi) is 5.34. The number of benzene rings is 2. The molecule has 0 spiro atoms. The summed E-state index contributed by atoms with van der Waals surface area (Å²) in [5, 5.41) is 1.93. The van der Waals surface area contributed by atoms with Crippen molar-refractivity contribution in [2.75, 3.05) is 32.1 Å². The van der Waals surface area contributed by atoms with E-state index in [1.165, 1.54) is 10.9 Å². The highest BCUT2D eigenvalue weighted by Gasteiger charge is 2.10. The molecule has 0 amide bonds. The van der Waals surface area contributed by atoms with E-state index in [0.717, 1.165) is 36.0 Å². The lowest BCUT2D eigenvalue weighted by molar-refractivity contribution is 0.412. The summed E-state index contributed by atoms with van der Waals surface area (Å²) in [6.07, 6.45) is 0. The second-order valence-corrected chi connectivity index (χ2v) is 6.65. The molecule has 124 valence electrons. The molecule has 1 heterocycles. The van der Waals surface area contributed by atoms with E-state index < -0.39 is 0 Å². The highest BCUT2D eigenvalue weighted by Crippen LogP contribution is 2.20. The zero-order valence-electron chi connectivity index (χ0n) is 14.1. The molecule has 0 saturated heterocycles. The molecule has 0 fully saturated rings. The number of pyridine rings is 1. The highest BCUT2D eigenvalue weighted by molar-refractivity contribution is 6.30. The van der Waals surface area contributed by atoms with Gasteiger partial charge in [0.25, 0.3) is 0 Å². The molecule has 0 radical (unpaired) electrons. The van der Waals surface area contributed by atoms with Crippen molar-refractivity contribution in [2.24, 2.45) is 0 Å². The Balaban J connectivity index is 1.88. The van der Waals surface area contributed by atoms with Crippen molar-refractivity contribution in [3.63, 3.8) is 0 Å². The van der Waals surface area contributed by atoms with E-state index in [1.807, 2.05) is 24.3 Å². The minimum absolute atomic E-state index is 0.766. The number of halogens is 1. The number of rotatable bonds is 6. The lowest BCUT2D eigenvalue weighted by atomic mass is 10.2. The third-order valence-electron chi connectivity index (χ3n) is 4.01. The molecule has 0 aliphatic rings. The summed E-state index contributed by atoms with van der Waals surface area (Å²) in [6, 6.07) is 20.5. The van der Waals surface area contributed by atoms with Crippen LogP contribution < -0.4 is 4.90 Å². The van der Waals surface area contributed by atoms with Gasteiger partial charge in [-0.05, 0) is 50.0 Å². The molecular weight excluding hydrogens is 318 g/mol. The SMILES string of the molecule is CN(C)CCN(Cc1ccc(Cl)cc1)c1ccc2ccccc2n1. The van der Waals surface area contributed by atoms with E-state index in [-0.39, 0.29) is 0 Å². The first-order valence-corrected chi connectivity index (χ1v) is 8.49. The van der Waals surface area contributed by atoms with Gasteiger partial charge >= 0.3 is 0 Å². The lowest BCUT2D eigenvalue weighted by Gasteiger charge is -2.26. The van der Waals surface area contributed by atoms with Gasteiger partial charge in [0.15, 0.2) is 0 Å². The minimum Gasteiger partial charge on any atom is -0.351 e. The van der Waals surface area contributed by atoms with Crippen LogP contribution in [0.2, 0.25) is 5.02 Å². The number of hydrogen-bond donors (Lipinski definition) is 0. The van der Waals surface area contributed by atoms with Gasteiger partial charge in [0.1, 0.15) is 5.82 Å². The zero-order valence-corrected chi connectivity index (χ0v) is 14.9. The summed E-state index contributed by atoms with van der Waals surface area (Å²) in [6.45, 7) is 2.71. The van der Waals surface area contributed by atoms with Crippen molar-refractivity contribution in [3.8, 4) is 0 Å². The van der Waals surface area contributed by atoms with Crippen LogP contribution in [0.15, 0.2) is 60.7 Å². The Hall–Kier alpha value is -2.10. The molecule has 0 atom stereocenters. The predicted molar refractivity (Wildman–Crippen MR) is 103 cm³/mol. The number of hydrogen-bond acceptors (Lipinski definition) is 3. The van der Waals surface area contributed by atoms with Crippen LogP contribution in [0.3, 0.4) is 0 Å². The Morgan fingerprint density at radius 2 is 1.62 bits per heavy atom. The molecule has 0 unspecified atom stereocenters. The van der Waals surface area contributed by atoms with E-state index in [0.29, 0.717) is 0 Å². The van der Waals surface area contributed by atoms with Crippen molar-refractivity contribution in [1.82, 2.24) is 9.88 Å². The quantitative estimate of drug-likeness (QED) is 0.661. The van der Waals surface area contributed by atoms with Crippen molar-refractivity contribution in [3.05, 3.63) is 71.2 Å². The van der Waals surface area contributed by atoms with Crippen LogP contribution in [-0.4, -0.2) is 37.1 Å². The molecule has 4 heteroatoms. The van der Waals surface area contributed by atoms with Crippen LogP contribution in [0.1, 0.15) is 5.56 Å². The number of anilines is 1. The van der Waals surface area contributed by atoms with Crippen molar-refractivity contribution >= 4 is 28.3 Å². The summed E-state index contributed by atoms with van der Waals surface area (Å²) in [5.41, 5.74) is 2.26. The highest BCUT2D eigenvalue weighted by atomic mass is 35.5. The first kappa shape index (κ1) is 16.7. The first-order valence-electron chi connectivity index (χ1n) is 8.12. The summed E-state index contributed by atoms with van der Waals surface area (Å²) in [7, 11) is 4.18. The fraction of sp³-hybridized carbons (Fsp3) is 0.250. The Labute approximate surface area is 148 Å². The topological polar surface area (TPSA) is 19.4 Å². The zero-order chi connectivity index (χ0) is 16.9. The van der Waals surface area contributed by atoms with Gasteiger partial charge in [-0.25, -0.2) is 4.98 Å². The molecule has 0 bridgehead atoms. The van der Waals surface area contributed by atoms with Crippen molar-refractivity contribution in [1.29, 1.82) is 0 Å². The van der Waals surface area contributed by atoms with Gasteiger partial charge < -0.3 is 9.80 Å². The van der Waals surface area contributed by atoms with Crippen LogP contribution in [-0.2, 0) is 6.54 Å². The third-order valence-corrected chi connectivity index (χ3v) is 4.26. The molecule has 3 nitrogen and oxygen atoms in total. The van der Waals surface area contributed by atoms with Gasteiger partial charge in [-0.15, -0.1) is 0 Å². The molecule has 0 aliphatic carbocycles. The molecular formula is C20H22ClN3. The normalized spacial score (nSPS) is 11.2. The minimum atomic E-state index is 0.766. The molecule has 0 N–H and O–H groups in total. The van der Waals surface area contributed by atoms with E-state index in [2.05, 4.69) is 60.3 Å². The summed E-state index contributed by atoms with van der Waals surface area (Å²) < 4.78 is 0. The molecule has 2 aromatic carbocycles. The Bertz CT molecular complexity index is 799. The van der Waals surface area contributed by atoms with Gasteiger partial charge in [-0.3, -0.25) is 0 Å². The van der Waals surface area contributed by atoms with Gasteiger partial charge in [0, 0.05) is 30.0 Å². The maximum atomic E-state index is 6.00. The van der Waals surface area contributed by atoms with Crippen molar-refractivity contribution < 1.29 is 0 Å². The standard InChI is InChI=1S/C20H22ClN3/c1-23(2)13-14-24(15-16-7-10-18(21)11-8-16)20-12-9-17-5-3-4-6-19(17)22-20/h3-12H,13-15H2,1-2H3. The van der Waals surface area contributed by atoms with Crippen LogP contribution in [0.4, 0.5) is 5.82 Å². The molecule has 24 heavy (non-hydrogen) atoms. The lowest BCUT2D eigenvalue weighted by Crippen LogP contribution is -2.31. The van der Waals surface area contributed by atoms with Gasteiger partial charge in [-0.2, -0.15) is 0 Å². The van der Waals surface area contributed by atoms with Crippen LogP contribution in [0.25, 0.3) is 10.9 Å². The largest absolute Gasteiger partial charge is 0.351 e. The summed E-state index contributed by atoms with van der Waals surface area (Å²) >= 11 is 6.00. The number of fused-ring (bicyclic) bond motifs is 1. The van der Waals surface area contributed by atoms with Gasteiger partial charge in [0.2, 0.25) is 0 Å². The van der Waals surface area contributed by atoms with Crippen LogP contribution >= 0.6 is 11.6 Å². The van der Waals surface area contributed by atoms with Gasteiger partial charge in [0.05, 0.1) is 5.52 Å². The molecule has 1 aromatic heterocycles. The predicted octanol–water partition coefficient (Wildman–Crippen LogP) is 4.46. The van der Waals surface area contributed by atoms with Gasteiger partial charge in [-0.1, -0.05) is 41.9 Å². The molecule has 0 aliphatic heterocycles. The average molecular weight is 340 g/mol. The maximum absolute atomic E-state index is 6.00. The molecule has 0 saturated carbocycles. The van der Waals surface area contributed by atoms with E-state index in [1.54, 1.807) is 0 Å². The number of nitrogens with zero attached hydrogens (tertiary/aromatic N) is 3. The number of para-hydroxylation sites is 1. The number of likely N-dealkylation sites (N-methyl/N-ethyl adjacent to an activating group) is 1. The fourth-order valence-electron chi connectivity index (χ4n) is 2.64. The van der Waals surface area contributed by atoms with Crippen LogP contribution in [0.5, 0.6) is 0 Å². The second kappa shape index (κ2) is 7.65. The maximum Gasteiger partial charge on any atom is 0.129 e. The monoisotopic (exact) mass is 339 g/mol.